The molecule has 0 spiro atoms. The molecule has 4 heteroatoms. The van der Waals surface area contributed by atoms with Crippen LogP contribution in [0.3, 0.4) is 0 Å². The van der Waals surface area contributed by atoms with Crippen molar-refractivity contribution in [2.75, 3.05) is 0 Å². The monoisotopic (exact) mass is 224 g/mol. The van der Waals surface area contributed by atoms with Gasteiger partial charge in [0.25, 0.3) is 0 Å². The van der Waals surface area contributed by atoms with Crippen molar-refractivity contribution in [2.24, 2.45) is 0 Å². The van der Waals surface area contributed by atoms with Gasteiger partial charge in [-0.15, -0.1) is 0 Å². The second-order valence-electron chi connectivity index (χ2n) is 3.73. The second kappa shape index (κ2) is 3.52. The van der Waals surface area contributed by atoms with E-state index in [1.165, 1.54) is 18.2 Å². The molecule has 1 heterocycles. The lowest BCUT2D eigenvalue weighted by molar-refractivity contribution is -0.113. The maximum Gasteiger partial charge on any atom is 0.202 e. The van der Waals surface area contributed by atoms with Crippen LogP contribution < -0.4 is 0 Å². The molecule has 0 aliphatic heterocycles. The van der Waals surface area contributed by atoms with E-state index in [0.29, 0.717) is 5.70 Å². The van der Waals surface area contributed by atoms with Crippen molar-refractivity contribution in [2.45, 2.75) is 0 Å². The molecular formula is C13H8N2O2. The molecule has 1 aromatic carbocycles. The Kier molecular flexibility index (Phi) is 2.01. The maximum atomic E-state index is 11.7. The molecule has 1 aliphatic carbocycles. The zero-order valence-corrected chi connectivity index (χ0v) is 8.83. The van der Waals surface area contributed by atoms with Crippen molar-refractivity contribution in [3.8, 4) is 0 Å². The van der Waals surface area contributed by atoms with Crippen molar-refractivity contribution in [3.05, 3.63) is 48.8 Å². The summed E-state index contributed by atoms with van der Waals surface area (Å²) in [7, 11) is 0. The van der Waals surface area contributed by atoms with Crippen LogP contribution in [0, 0.1) is 0 Å². The highest BCUT2D eigenvalue weighted by Gasteiger charge is 2.16. The van der Waals surface area contributed by atoms with E-state index in [4.69, 9.17) is 0 Å². The van der Waals surface area contributed by atoms with Crippen LogP contribution in [0.2, 0.25) is 0 Å². The summed E-state index contributed by atoms with van der Waals surface area (Å²) in [5, 5.41) is 0. The number of carbonyl (C=O) groups is 2. The second-order valence-corrected chi connectivity index (χ2v) is 3.73. The number of allylic oxidation sites excluding steroid dienone is 4. The van der Waals surface area contributed by atoms with Gasteiger partial charge in [0.15, 0.2) is 5.78 Å². The minimum absolute atomic E-state index is 0.183. The fourth-order valence-corrected chi connectivity index (χ4v) is 1.84. The summed E-state index contributed by atoms with van der Waals surface area (Å²) < 4.78 is 1.64. The number of imidazole rings is 1. The van der Waals surface area contributed by atoms with Gasteiger partial charge in [-0.2, -0.15) is 0 Å². The lowest BCUT2D eigenvalue weighted by Gasteiger charge is -2.08. The molecule has 0 saturated carbocycles. The predicted molar refractivity (Wildman–Crippen MR) is 63.2 cm³/mol. The number of para-hydroxylation sites is 2. The Bertz CT molecular complexity index is 692. The van der Waals surface area contributed by atoms with E-state index in [1.54, 1.807) is 10.9 Å². The summed E-state index contributed by atoms with van der Waals surface area (Å²) in [6.45, 7) is 0. The zero-order valence-electron chi connectivity index (χ0n) is 8.83. The largest absolute Gasteiger partial charge is 0.295 e. The molecule has 0 N–H and O–H groups in total. The third kappa shape index (κ3) is 1.50. The number of nitrogens with zero attached hydrogens (tertiary/aromatic N) is 2. The maximum absolute atomic E-state index is 11.7. The van der Waals surface area contributed by atoms with Crippen molar-refractivity contribution in [3.63, 3.8) is 0 Å². The number of benzene rings is 1. The number of rotatable bonds is 1. The van der Waals surface area contributed by atoms with Gasteiger partial charge in [0.1, 0.15) is 6.33 Å². The molecule has 2 aromatic rings. The predicted octanol–water partition coefficient (Wildman–Crippen LogP) is 1.59. The van der Waals surface area contributed by atoms with E-state index >= 15 is 0 Å². The van der Waals surface area contributed by atoms with Crippen LogP contribution in [0.5, 0.6) is 0 Å². The summed E-state index contributed by atoms with van der Waals surface area (Å²) >= 11 is 0. The SMILES string of the molecule is O=C1C=CC(=O)C(n2cnc3ccccc32)=C1. The first-order valence-corrected chi connectivity index (χ1v) is 5.16. The number of hydrogen-bond donors (Lipinski definition) is 0. The molecule has 17 heavy (non-hydrogen) atoms. The third-order valence-corrected chi connectivity index (χ3v) is 2.64. The molecule has 1 aromatic heterocycles. The van der Waals surface area contributed by atoms with Gasteiger partial charge in [-0.3, -0.25) is 14.2 Å². The lowest BCUT2D eigenvalue weighted by Crippen LogP contribution is -2.11. The van der Waals surface area contributed by atoms with Gasteiger partial charge in [0.05, 0.1) is 16.7 Å². The smallest absolute Gasteiger partial charge is 0.202 e. The number of hydrogen-bond acceptors (Lipinski definition) is 3. The summed E-state index contributed by atoms with van der Waals surface area (Å²) in [6, 6.07) is 7.46. The number of carbonyl (C=O) groups excluding carboxylic acids is 2. The quantitative estimate of drug-likeness (QED) is 0.691. The highest BCUT2D eigenvalue weighted by molar-refractivity contribution is 6.30. The third-order valence-electron chi connectivity index (χ3n) is 2.64. The van der Waals surface area contributed by atoms with E-state index in [0.717, 1.165) is 11.0 Å². The van der Waals surface area contributed by atoms with Crippen LogP contribution in [0.1, 0.15) is 0 Å². The topological polar surface area (TPSA) is 52.0 Å². The first-order chi connectivity index (χ1) is 8.25. The lowest BCUT2D eigenvalue weighted by atomic mass is 10.1. The van der Waals surface area contributed by atoms with Gasteiger partial charge in [-0.05, 0) is 24.3 Å². The molecule has 0 amide bonds. The molecule has 0 radical (unpaired) electrons. The van der Waals surface area contributed by atoms with Crippen molar-refractivity contribution in [1.82, 2.24) is 9.55 Å². The van der Waals surface area contributed by atoms with Crippen LogP contribution in [0.25, 0.3) is 16.7 Å². The molecule has 1 aliphatic rings. The minimum atomic E-state index is -0.187. The van der Waals surface area contributed by atoms with Crippen LogP contribution in [-0.4, -0.2) is 21.1 Å². The Hall–Kier alpha value is -2.49. The average Bonchev–Trinajstić information content (AvgIpc) is 2.76. The van der Waals surface area contributed by atoms with E-state index in [2.05, 4.69) is 4.98 Å². The first kappa shape index (κ1) is 9.72. The van der Waals surface area contributed by atoms with Gasteiger partial charge < -0.3 is 0 Å². The Morgan fingerprint density at radius 3 is 2.76 bits per heavy atom. The number of fused-ring (bicyclic) bond motifs is 1. The fourth-order valence-electron chi connectivity index (χ4n) is 1.84. The summed E-state index contributed by atoms with van der Waals surface area (Å²) in [5.74, 6) is -0.370. The zero-order chi connectivity index (χ0) is 11.8. The van der Waals surface area contributed by atoms with Gasteiger partial charge in [-0.25, -0.2) is 4.98 Å². The Morgan fingerprint density at radius 1 is 1.06 bits per heavy atom. The van der Waals surface area contributed by atoms with Crippen molar-refractivity contribution < 1.29 is 9.59 Å². The molecule has 82 valence electrons. The summed E-state index contributed by atoms with van der Waals surface area (Å²) in [4.78, 5) is 27.2. The fraction of sp³-hybridized carbons (Fsp3) is 0. The Balaban J connectivity index is 2.22. The number of ketones is 2. The molecule has 0 bridgehead atoms. The van der Waals surface area contributed by atoms with E-state index in [9.17, 15) is 9.59 Å². The van der Waals surface area contributed by atoms with Crippen LogP contribution in [-0.2, 0) is 9.59 Å². The summed E-state index contributed by atoms with van der Waals surface area (Å²) in [5.41, 5.74) is 1.95. The highest BCUT2D eigenvalue weighted by Crippen LogP contribution is 2.19. The van der Waals surface area contributed by atoms with Crippen LogP contribution in [0.4, 0.5) is 0 Å². The molecule has 0 unspecified atom stereocenters. The Morgan fingerprint density at radius 2 is 1.88 bits per heavy atom. The van der Waals surface area contributed by atoms with E-state index in [1.807, 2.05) is 24.3 Å². The van der Waals surface area contributed by atoms with Gasteiger partial charge in [0.2, 0.25) is 5.78 Å². The molecular weight excluding hydrogens is 216 g/mol. The van der Waals surface area contributed by atoms with Crippen LogP contribution >= 0.6 is 0 Å². The van der Waals surface area contributed by atoms with Crippen molar-refractivity contribution in [1.29, 1.82) is 0 Å². The minimum Gasteiger partial charge on any atom is -0.295 e. The van der Waals surface area contributed by atoms with Gasteiger partial charge in [0, 0.05) is 6.08 Å². The number of aromatic nitrogens is 2. The van der Waals surface area contributed by atoms with Gasteiger partial charge >= 0.3 is 0 Å². The van der Waals surface area contributed by atoms with E-state index < -0.39 is 0 Å². The van der Waals surface area contributed by atoms with Gasteiger partial charge in [-0.1, -0.05) is 12.1 Å². The van der Waals surface area contributed by atoms with Crippen molar-refractivity contribution >= 4 is 28.3 Å². The first-order valence-electron chi connectivity index (χ1n) is 5.16. The summed E-state index contributed by atoms with van der Waals surface area (Å²) in [6.07, 6.45) is 5.44. The van der Waals surface area contributed by atoms with E-state index in [-0.39, 0.29) is 11.6 Å². The highest BCUT2D eigenvalue weighted by atomic mass is 16.1. The molecule has 3 rings (SSSR count). The molecule has 0 atom stereocenters. The standard InChI is InChI=1S/C13H8N2O2/c16-9-5-6-13(17)12(7-9)15-8-14-10-3-1-2-4-11(10)15/h1-8H. The molecule has 4 nitrogen and oxygen atoms in total. The van der Waals surface area contributed by atoms with Crippen LogP contribution in [0.15, 0.2) is 48.8 Å². The average molecular weight is 224 g/mol. The molecule has 0 fully saturated rings. The normalized spacial score (nSPS) is 15.4. The molecule has 0 saturated heterocycles. The Labute approximate surface area is 96.9 Å².